The Kier molecular flexibility index (Phi) is 4.36. The van der Waals surface area contributed by atoms with E-state index in [2.05, 4.69) is 15.3 Å². The summed E-state index contributed by atoms with van der Waals surface area (Å²) in [5, 5.41) is 13.0. The molecule has 2 heterocycles. The summed E-state index contributed by atoms with van der Waals surface area (Å²) in [7, 11) is 0. The van der Waals surface area contributed by atoms with Gasteiger partial charge in [-0.15, -0.1) is 0 Å². The fraction of sp³-hybridized carbons (Fsp3) is 0.150. The number of hydrogen-bond acceptors (Lipinski definition) is 3. The number of fused-ring (bicyclic) bond motifs is 1. The number of aromatic amines is 1. The molecule has 0 spiro atoms. The number of carbonyl (C=O) groups is 1. The van der Waals surface area contributed by atoms with Gasteiger partial charge in [-0.3, -0.25) is 9.78 Å². The molecule has 3 aromatic rings. The molecule has 2 N–H and O–H groups in total. The number of aromatic nitrogens is 2. The van der Waals surface area contributed by atoms with Crippen LogP contribution >= 0.6 is 0 Å². The van der Waals surface area contributed by atoms with Crippen LogP contribution in [0.3, 0.4) is 0 Å². The zero-order chi connectivity index (χ0) is 18.0. The number of rotatable bonds is 3. The summed E-state index contributed by atoms with van der Waals surface area (Å²) in [6.45, 7) is 5.45. The highest BCUT2D eigenvalue weighted by atomic mass is 16.1. The second-order valence-corrected chi connectivity index (χ2v) is 6.06. The first-order chi connectivity index (χ1) is 12.0. The second-order valence-electron chi connectivity index (χ2n) is 6.06. The van der Waals surface area contributed by atoms with E-state index in [9.17, 15) is 4.79 Å². The molecule has 3 rings (SSSR count). The lowest BCUT2D eigenvalue weighted by atomic mass is 10.0. The molecule has 0 aliphatic carbocycles. The van der Waals surface area contributed by atoms with Gasteiger partial charge in [0.25, 0.3) is 5.91 Å². The third-order valence-corrected chi connectivity index (χ3v) is 4.01. The van der Waals surface area contributed by atoms with Gasteiger partial charge in [0, 0.05) is 29.0 Å². The van der Waals surface area contributed by atoms with E-state index in [1.54, 1.807) is 20.0 Å². The summed E-state index contributed by atoms with van der Waals surface area (Å²) in [5.41, 5.74) is 5.34. The number of aryl methyl sites for hydroxylation is 1. The van der Waals surface area contributed by atoms with Crippen LogP contribution in [0.1, 0.15) is 19.5 Å². The molecule has 0 atom stereocenters. The Bertz CT molecular complexity index is 1030. The number of nitriles is 1. The highest BCUT2D eigenvalue weighted by Crippen LogP contribution is 2.32. The van der Waals surface area contributed by atoms with Gasteiger partial charge >= 0.3 is 0 Å². The van der Waals surface area contributed by atoms with Crippen LogP contribution in [0, 0.1) is 18.3 Å². The molecule has 0 saturated carbocycles. The number of H-pyrrole nitrogens is 1. The van der Waals surface area contributed by atoms with Crippen molar-refractivity contribution in [3.05, 3.63) is 59.6 Å². The largest absolute Gasteiger partial charge is 0.359 e. The van der Waals surface area contributed by atoms with Gasteiger partial charge < -0.3 is 10.3 Å². The van der Waals surface area contributed by atoms with Gasteiger partial charge in [-0.05, 0) is 44.5 Å². The second kappa shape index (κ2) is 6.62. The average molecular weight is 330 g/mol. The van der Waals surface area contributed by atoms with Gasteiger partial charge in [-0.2, -0.15) is 5.26 Å². The molecule has 2 aromatic heterocycles. The van der Waals surface area contributed by atoms with Crippen molar-refractivity contribution in [3.8, 4) is 17.2 Å². The molecule has 1 amide bonds. The normalized spacial score (nSPS) is 10.3. The number of nitrogens with zero attached hydrogens (tertiary/aromatic N) is 2. The predicted molar refractivity (Wildman–Crippen MR) is 98.9 cm³/mol. The summed E-state index contributed by atoms with van der Waals surface area (Å²) in [6, 6.07) is 11.6. The van der Waals surface area contributed by atoms with E-state index >= 15 is 0 Å². The van der Waals surface area contributed by atoms with Crippen LogP contribution in [0.25, 0.3) is 22.0 Å². The van der Waals surface area contributed by atoms with E-state index < -0.39 is 5.91 Å². The van der Waals surface area contributed by atoms with Gasteiger partial charge in [0.15, 0.2) is 0 Å². The minimum absolute atomic E-state index is 0.133. The molecule has 0 bridgehead atoms. The molecule has 124 valence electrons. The molecule has 0 saturated heterocycles. The van der Waals surface area contributed by atoms with E-state index in [1.165, 1.54) is 0 Å². The minimum atomic E-state index is -0.397. The van der Waals surface area contributed by atoms with Crippen LogP contribution in [0.2, 0.25) is 0 Å². The van der Waals surface area contributed by atoms with Crippen molar-refractivity contribution in [1.29, 1.82) is 5.26 Å². The van der Waals surface area contributed by atoms with Crippen LogP contribution in [0.4, 0.5) is 5.69 Å². The molecule has 5 nitrogen and oxygen atoms in total. The summed E-state index contributed by atoms with van der Waals surface area (Å²) < 4.78 is 0. The van der Waals surface area contributed by atoms with Crippen molar-refractivity contribution in [2.24, 2.45) is 0 Å². The van der Waals surface area contributed by atoms with Crippen molar-refractivity contribution >= 4 is 22.5 Å². The van der Waals surface area contributed by atoms with Crippen molar-refractivity contribution in [2.45, 2.75) is 20.8 Å². The van der Waals surface area contributed by atoms with Gasteiger partial charge in [0.1, 0.15) is 11.6 Å². The number of amides is 1. The zero-order valence-electron chi connectivity index (χ0n) is 14.3. The Labute approximate surface area is 146 Å². The molecule has 0 unspecified atom stereocenters. The lowest BCUT2D eigenvalue weighted by Gasteiger charge is -2.07. The molecule has 5 heteroatoms. The van der Waals surface area contributed by atoms with Crippen molar-refractivity contribution in [2.75, 3.05) is 5.32 Å². The van der Waals surface area contributed by atoms with E-state index in [4.69, 9.17) is 5.26 Å². The molecule has 0 fully saturated rings. The molecule has 0 radical (unpaired) electrons. The molecule has 0 aliphatic rings. The summed E-state index contributed by atoms with van der Waals surface area (Å²) in [6.07, 6.45) is 3.70. The first-order valence-electron chi connectivity index (χ1n) is 7.93. The van der Waals surface area contributed by atoms with Crippen LogP contribution in [0.15, 0.2) is 53.9 Å². The van der Waals surface area contributed by atoms with Crippen molar-refractivity contribution < 1.29 is 4.79 Å². The maximum Gasteiger partial charge on any atom is 0.266 e. The van der Waals surface area contributed by atoms with Crippen LogP contribution in [-0.2, 0) is 4.79 Å². The lowest BCUT2D eigenvalue weighted by Crippen LogP contribution is -2.14. The quantitative estimate of drug-likeness (QED) is 0.554. The third kappa shape index (κ3) is 3.15. The molecule has 0 aliphatic heterocycles. The number of hydrogen-bond donors (Lipinski definition) is 2. The molecular weight excluding hydrogens is 312 g/mol. The minimum Gasteiger partial charge on any atom is -0.359 e. The van der Waals surface area contributed by atoms with E-state index in [1.807, 2.05) is 49.5 Å². The summed E-state index contributed by atoms with van der Waals surface area (Å²) in [4.78, 5) is 19.8. The monoisotopic (exact) mass is 330 g/mol. The van der Waals surface area contributed by atoms with Crippen molar-refractivity contribution in [1.82, 2.24) is 9.97 Å². The fourth-order valence-electron chi connectivity index (χ4n) is 2.78. The molecular formula is C20H18N4O. The number of benzene rings is 1. The van der Waals surface area contributed by atoms with Crippen LogP contribution in [0.5, 0.6) is 0 Å². The Morgan fingerprint density at radius 1 is 1.28 bits per heavy atom. The third-order valence-electron chi connectivity index (χ3n) is 4.01. The number of para-hydroxylation sites is 1. The van der Waals surface area contributed by atoms with E-state index in [-0.39, 0.29) is 5.57 Å². The SMILES string of the molecule is CC(C)=C(C#N)C(=O)Nc1cccc2c(-c3ccnc(C)c3)c[nH]c12. The maximum atomic E-state index is 12.3. The van der Waals surface area contributed by atoms with Crippen molar-refractivity contribution in [3.63, 3.8) is 0 Å². The zero-order valence-corrected chi connectivity index (χ0v) is 14.3. The predicted octanol–water partition coefficient (Wildman–Crippen LogP) is 4.34. The number of nitrogens with one attached hydrogen (secondary N) is 2. The Balaban J connectivity index is 2.04. The summed E-state index contributed by atoms with van der Waals surface area (Å²) in [5.74, 6) is -0.397. The number of carbonyl (C=O) groups excluding carboxylic acids is 1. The first-order valence-corrected chi connectivity index (χ1v) is 7.93. The lowest BCUT2D eigenvalue weighted by molar-refractivity contribution is -0.112. The fourth-order valence-corrected chi connectivity index (χ4v) is 2.78. The standard InChI is InChI=1S/C20H18N4O/c1-12(2)16(10-21)20(25)24-18-6-4-5-15-17(11-23-19(15)18)14-7-8-22-13(3)9-14/h4-9,11,23H,1-3H3,(H,24,25). The van der Waals surface area contributed by atoms with Gasteiger partial charge in [-0.1, -0.05) is 17.7 Å². The number of pyridine rings is 1. The first kappa shape index (κ1) is 16.5. The van der Waals surface area contributed by atoms with E-state index in [0.717, 1.165) is 27.7 Å². The molecule has 1 aromatic carbocycles. The van der Waals surface area contributed by atoms with Gasteiger partial charge in [-0.25, -0.2) is 0 Å². The van der Waals surface area contributed by atoms with E-state index in [0.29, 0.717) is 11.3 Å². The van der Waals surface area contributed by atoms with Crippen LogP contribution < -0.4 is 5.32 Å². The Morgan fingerprint density at radius 3 is 2.76 bits per heavy atom. The van der Waals surface area contributed by atoms with Crippen LogP contribution in [-0.4, -0.2) is 15.9 Å². The van der Waals surface area contributed by atoms with Gasteiger partial charge in [0.2, 0.25) is 0 Å². The summed E-state index contributed by atoms with van der Waals surface area (Å²) >= 11 is 0. The topological polar surface area (TPSA) is 81.6 Å². The smallest absolute Gasteiger partial charge is 0.266 e. The highest BCUT2D eigenvalue weighted by Gasteiger charge is 2.14. The number of allylic oxidation sites excluding steroid dienone is 1. The Hall–Kier alpha value is -3.39. The Morgan fingerprint density at radius 2 is 2.08 bits per heavy atom. The highest BCUT2D eigenvalue weighted by molar-refractivity contribution is 6.12. The number of anilines is 1. The molecule has 25 heavy (non-hydrogen) atoms. The maximum absolute atomic E-state index is 12.3. The average Bonchev–Trinajstić information content (AvgIpc) is 3.00. The van der Waals surface area contributed by atoms with Gasteiger partial charge in [0.05, 0.1) is 11.2 Å².